The van der Waals surface area contributed by atoms with Crippen LogP contribution in [-0.2, 0) is 0 Å². The van der Waals surface area contributed by atoms with Crippen LogP contribution in [0, 0.1) is 0 Å². The Morgan fingerprint density at radius 1 is 0.243 bits per heavy atom. The average molecular weight is 898 g/mol. The maximum atomic E-state index is 5.07. The van der Waals surface area contributed by atoms with E-state index in [0.29, 0.717) is 0 Å². The summed E-state index contributed by atoms with van der Waals surface area (Å²) in [5.41, 5.74) is 18.4. The molecular formula is C63H43N7. The van der Waals surface area contributed by atoms with Crippen molar-refractivity contribution in [2.75, 3.05) is 0 Å². The van der Waals surface area contributed by atoms with Gasteiger partial charge in [0, 0.05) is 76.2 Å². The zero-order valence-corrected chi connectivity index (χ0v) is 38.0. The zero-order valence-electron chi connectivity index (χ0n) is 38.0. The summed E-state index contributed by atoms with van der Waals surface area (Å²) >= 11 is 0. The molecule has 0 radical (unpaired) electrons. The molecule has 0 spiro atoms. The van der Waals surface area contributed by atoms with Gasteiger partial charge in [-0.15, -0.1) is 0 Å². The Morgan fingerprint density at radius 3 is 1.27 bits per heavy atom. The predicted octanol–water partition coefficient (Wildman–Crippen LogP) is 15.2. The number of hydrogen-bond acceptors (Lipinski definition) is 5. The summed E-state index contributed by atoms with van der Waals surface area (Å²) in [7, 11) is 0. The molecule has 0 N–H and O–H groups in total. The molecule has 0 aliphatic heterocycles. The van der Waals surface area contributed by atoms with E-state index in [2.05, 4.69) is 185 Å². The largest absolute Gasteiger partial charge is 0.300 e. The first kappa shape index (κ1) is 41.8. The van der Waals surface area contributed by atoms with E-state index in [0.717, 1.165) is 101 Å². The minimum atomic E-state index is 0.778. The first-order valence-corrected chi connectivity index (χ1v) is 23.3. The number of imidazole rings is 2. The van der Waals surface area contributed by atoms with Crippen molar-refractivity contribution in [2.45, 2.75) is 0 Å². The number of pyridine rings is 3. The van der Waals surface area contributed by atoms with E-state index in [1.165, 1.54) is 11.1 Å². The van der Waals surface area contributed by atoms with Gasteiger partial charge < -0.3 is 0 Å². The number of nitrogens with zero attached hydrogens (tertiary/aromatic N) is 7. The number of rotatable bonds is 11. The second kappa shape index (κ2) is 18.6. The summed E-state index contributed by atoms with van der Waals surface area (Å²) in [6, 6.07) is 76.0. The Kier molecular flexibility index (Phi) is 11.1. The molecular weight excluding hydrogens is 855 g/mol. The Morgan fingerprint density at radius 2 is 0.671 bits per heavy atom. The van der Waals surface area contributed by atoms with E-state index in [9.17, 15) is 0 Å². The van der Waals surface area contributed by atoms with Crippen LogP contribution >= 0.6 is 0 Å². The van der Waals surface area contributed by atoms with Crippen molar-refractivity contribution < 1.29 is 0 Å². The smallest absolute Gasteiger partial charge is 0.146 e. The van der Waals surface area contributed by atoms with Crippen molar-refractivity contribution in [2.24, 2.45) is 0 Å². The lowest BCUT2D eigenvalue weighted by Gasteiger charge is -2.16. The molecule has 7 heteroatoms. The topological polar surface area (TPSA) is 74.3 Å². The van der Waals surface area contributed by atoms with Crippen LogP contribution in [0.15, 0.2) is 262 Å². The van der Waals surface area contributed by atoms with Crippen molar-refractivity contribution in [3.63, 3.8) is 0 Å². The third kappa shape index (κ3) is 8.40. The summed E-state index contributed by atoms with van der Waals surface area (Å²) in [6.07, 6.45) is 13.5. The molecule has 12 aromatic rings. The van der Waals surface area contributed by atoms with Crippen LogP contribution in [0.2, 0.25) is 0 Å². The molecule has 7 nitrogen and oxygen atoms in total. The van der Waals surface area contributed by atoms with Crippen LogP contribution in [0.1, 0.15) is 0 Å². The van der Waals surface area contributed by atoms with Gasteiger partial charge in [0.1, 0.15) is 11.6 Å². The fourth-order valence-electron chi connectivity index (χ4n) is 9.15. The summed E-state index contributed by atoms with van der Waals surface area (Å²) in [4.78, 5) is 24.6. The first-order chi connectivity index (χ1) is 34.7. The predicted molar refractivity (Wildman–Crippen MR) is 283 cm³/mol. The second-order valence-electron chi connectivity index (χ2n) is 17.1. The highest BCUT2D eigenvalue weighted by Crippen LogP contribution is 2.38. The van der Waals surface area contributed by atoms with E-state index in [4.69, 9.17) is 24.9 Å². The Hall–Kier alpha value is -9.59. The van der Waals surface area contributed by atoms with Gasteiger partial charge in [0.15, 0.2) is 0 Å². The Labute approximate surface area is 406 Å². The third-order valence-corrected chi connectivity index (χ3v) is 12.7. The zero-order chi connectivity index (χ0) is 46.6. The molecule has 0 saturated heterocycles. The van der Waals surface area contributed by atoms with Gasteiger partial charge in [0.05, 0.1) is 29.0 Å². The molecule has 0 saturated carbocycles. The molecule has 0 unspecified atom stereocenters. The lowest BCUT2D eigenvalue weighted by atomic mass is 9.93. The summed E-state index contributed by atoms with van der Waals surface area (Å²) in [6.45, 7) is 0. The van der Waals surface area contributed by atoms with Gasteiger partial charge in [-0.1, -0.05) is 164 Å². The monoisotopic (exact) mass is 897 g/mol. The molecule has 0 fully saturated rings. The van der Waals surface area contributed by atoms with Crippen molar-refractivity contribution >= 4 is 0 Å². The number of benzene rings is 7. The molecule has 7 aromatic carbocycles. The van der Waals surface area contributed by atoms with E-state index in [-0.39, 0.29) is 0 Å². The van der Waals surface area contributed by atoms with Crippen LogP contribution in [0.3, 0.4) is 0 Å². The lowest BCUT2D eigenvalue weighted by Crippen LogP contribution is -2.01. The molecule has 0 aliphatic rings. The lowest BCUT2D eigenvalue weighted by molar-refractivity contribution is 1.04. The molecule has 5 heterocycles. The summed E-state index contributed by atoms with van der Waals surface area (Å²) in [5, 5.41) is 0. The molecule has 0 aliphatic carbocycles. The molecule has 0 bridgehead atoms. The molecule has 70 heavy (non-hydrogen) atoms. The van der Waals surface area contributed by atoms with E-state index in [1.54, 1.807) is 0 Å². The van der Waals surface area contributed by atoms with E-state index in [1.807, 2.05) is 85.8 Å². The van der Waals surface area contributed by atoms with Crippen molar-refractivity contribution in [1.82, 2.24) is 34.1 Å². The van der Waals surface area contributed by atoms with Gasteiger partial charge >= 0.3 is 0 Å². The standard InChI is InChI=1S/C63H43N7/c1-4-13-44(14-5-1)45-23-25-46(26-24-45)49-19-12-20-50(37-49)61-30-27-51(41-66-61)57-21-10-11-22-58(57)53-38-54(63-65-33-35-69(63)55-29-32-60(68-43-55)48-17-8-3-9-18-48)40-56(39-53)70-36-34-64-62(70)52-28-31-59(67-42-52)47-15-6-2-7-16-47/h1-43H. The maximum Gasteiger partial charge on any atom is 0.146 e. The van der Waals surface area contributed by atoms with Crippen LogP contribution in [-0.4, -0.2) is 34.1 Å². The third-order valence-electron chi connectivity index (χ3n) is 12.7. The normalized spacial score (nSPS) is 11.1. The minimum absolute atomic E-state index is 0.778. The minimum Gasteiger partial charge on any atom is -0.300 e. The van der Waals surface area contributed by atoms with Crippen LogP contribution in [0.25, 0.3) is 112 Å². The first-order valence-electron chi connectivity index (χ1n) is 23.3. The van der Waals surface area contributed by atoms with Gasteiger partial charge in [0.2, 0.25) is 0 Å². The van der Waals surface area contributed by atoms with Crippen molar-refractivity contribution in [1.29, 1.82) is 0 Å². The quantitative estimate of drug-likeness (QED) is 0.129. The molecule has 0 atom stereocenters. The molecule has 5 aromatic heterocycles. The van der Waals surface area contributed by atoms with Gasteiger partial charge in [-0.25, -0.2) is 9.97 Å². The van der Waals surface area contributed by atoms with Crippen molar-refractivity contribution in [3.8, 4) is 112 Å². The molecule has 12 rings (SSSR count). The highest BCUT2D eigenvalue weighted by atomic mass is 15.1. The highest BCUT2D eigenvalue weighted by Gasteiger charge is 2.18. The number of aromatic nitrogens is 7. The van der Waals surface area contributed by atoms with Crippen molar-refractivity contribution in [3.05, 3.63) is 262 Å². The second-order valence-corrected chi connectivity index (χ2v) is 17.1. The Balaban J connectivity index is 0.913. The van der Waals surface area contributed by atoms with Gasteiger partial charge in [-0.2, -0.15) is 0 Å². The fourth-order valence-corrected chi connectivity index (χ4v) is 9.15. The average Bonchev–Trinajstić information content (AvgIpc) is 4.16. The number of hydrogen-bond donors (Lipinski definition) is 0. The SMILES string of the molecule is c1ccc(-c2ccc(-c3cccc(-c4ccc(-c5ccccc5-c5cc(-c6nccn6-c6ccc(-c7ccccc7)nc6)cc(-n6ccnc6-c6ccc(-c7ccccc7)nc6)c5)cn4)c3)cc2)cc1. The summed E-state index contributed by atoms with van der Waals surface area (Å²) < 4.78 is 4.22. The van der Waals surface area contributed by atoms with Crippen LogP contribution in [0.5, 0.6) is 0 Å². The van der Waals surface area contributed by atoms with E-state index < -0.39 is 0 Å². The van der Waals surface area contributed by atoms with E-state index >= 15 is 0 Å². The van der Waals surface area contributed by atoms with Crippen LogP contribution < -0.4 is 0 Å². The molecule has 0 amide bonds. The van der Waals surface area contributed by atoms with Gasteiger partial charge in [0.25, 0.3) is 0 Å². The maximum absolute atomic E-state index is 5.07. The fraction of sp³-hybridized carbons (Fsp3) is 0. The van der Waals surface area contributed by atoms with Gasteiger partial charge in [-0.3, -0.25) is 24.1 Å². The van der Waals surface area contributed by atoms with Gasteiger partial charge in [-0.05, 0) is 93.5 Å². The van der Waals surface area contributed by atoms with Crippen LogP contribution in [0.4, 0.5) is 0 Å². The molecule has 330 valence electrons. The summed E-state index contributed by atoms with van der Waals surface area (Å²) in [5.74, 6) is 1.56. The Bertz CT molecular complexity index is 3570. The highest BCUT2D eigenvalue weighted by molar-refractivity contribution is 5.87.